The third kappa shape index (κ3) is 49.9. The monoisotopic (exact) mass is 890 g/mol. The van der Waals surface area contributed by atoms with E-state index in [1.807, 2.05) is 0 Å². The van der Waals surface area contributed by atoms with Crippen LogP contribution in [0.5, 0.6) is 0 Å². The van der Waals surface area contributed by atoms with Crippen LogP contribution in [0.3, 0.4) is 0 Å². The van der Waals surface area contributed by atoms with Crippen molar-refractivity contribution >= 4 is 11.9 Å². The molecule has 0 radical (unpaired) electrons. The lowest BCUT2D eigenvalue weighted by Crippen LogP contribution is -2.45. The molecule has 0 fully saturated rings. The number of carbonyl (C=O) groups excluding carboxylic acids is 2. The van der Waals surface area contributed by atoms with Crippen LogP contribution in [-0.2, 0) is 14.3 Å². The normalized spacial score (nSPS) is 12.6. The summed E-state index contributed by atoms with van der Waals surface area (Å²) in [6.45, 7) is 4.95. The molecule has 2 unspecified atom stereocenters. The molecule has 6 nitrogen and oxygen atoms in total. The molecule has 0 aromatic rings. The highest BCUT2D eigenvalue weighted by Gasteiger charge is 2.20. The van der Waals surface area contributed by atoms with E-state index in [1.54, 1.807) is 0 Å². The fourth-order valence-corrected chi connectivity index (χ4v) is 8.93. The molecule has 0 aromatic carbocycles. The van der Waals surface area contributed by atoms with Gasteiger partial charge in [-0.2, -0.15) is 0 Å². The molecular formula is C57H111NO5. The summed E-state index contributed by atoms with van der Waals surface area (Å²) in [6.07, 6.45) is 61.9. The van der Waals surface area contributed by atoms with Crippen molar-refractivity contribution in [1.29, 1.82) is 0 Å². The molecule has 0 saturated heterocycles. The number of aliphatic hydroxyl groups is 2. The Morgan fingerprint density at radius 1 is 0.429 bits per heavy atom. The van der Waals surface area contributed by atoms with Gasteiger partial charge >= 0.3 is 5.97 Å². The number of ether oxygens (including phenoxy) is 1. The highest BCUT2D eigenvalue weighted by molar-refractivity contribution is 5.76. The molecule has 0 rings (SSSR count). The van der Waals surface area contributed by atoms with Gasteiger partial charge in [0.15, 0.2) is 0 Å². The van der Waals surface area contributed by atoms with Crippen molar-refractivity contribution in [2.24, 2.45) is 0 Å². The second kappa shape index (κ2) is 53.2. The topological polar surface area (TPSA) is 95.9 Å². The van der Waals surface area contributed by atoms with Crippen LogP contribution < -0.4 is 5.32 Å². The van der Waals surface area contributed by atoms with E-state index < -0.39 is 12.1 Å². The first-order chi connectivity index (χ1) is 31.0. The number of rotatable bonds is 53. The average molecular weight is 891 g/mol. The summed E-state index contributed by atoms with van der Waals surface area (Å²) in [7, 11) is 0. The fourth-order valence-electron chi connectivity index (χ4n) is 8.93. The molecule has 0 aliphatic rings. The van der Waals surface area contributed by atoms with Gasteiger partial charge in [0.1, 0.15) is 0 Å². The summed E-state index contributed by atoms with van der Waals surface area (Å²) < 4.78 is 5.46. The van der Waals surface area contributed by atoms with E-state index in [0.717, 1.165) is 64.2 Å². The summed E-state index contributed by atoms with van der Waals surface area (Å²) in [6, 6.07) is -0.553. The first-order valence-corrected chi connectivity index (χ1v) is 28.4. The molecular weight excluding hydrogens is 779 g/mol. The van der Waals surface area contributed by atoms with E-state index in [4.69, 9.17) is 4.74 Å². The van der Waals surface area contributed by atoms with Crippen molar-refractivity contribution in [3.8, 4) is 0 Å². The molecule has 0 saturated carbocycles. The molecule has 0 heterocycles. The maximum absolute atomic E-state index is 12.5. The second-order valence-corrected chi connectivity index (χ2v) is 19.6. The number of hydrogen-bond acceptors (Lipinski definition) is 5. The third-order valence-electron chi connectivity index (χ3n) is 13.3. The average Bonchev–Trinajstić information content (AvgIpc) is 3.28. The van der Waals surface area contributed by atoms with Gasteiger partial charge in [-0.1, -0.05) is 264 Å². The lowest BCUT2D eigenvalue weighted by atomic mass is 10.0. The largest absolute Gasteiger partial charge is 0.466 e. The Hall–Kier alpha value is -1.40. The Morgan fingerprint density at radius 3 is 1.13 bits per heavy atom. The quantitative estimate of drug-likeness (QED) is 0.0321. The van der Waals surface area contributed by atoms with E-state index in [1.165, 1.54) is 218 Å². The molecule has 0 aliphatic carbocycles. The third-order valence-corrected chi connectivity index (χ3v) is 13.3. The predicted octanol–water partition coefficient (Wildman–Crippen LogP) is 17.3. The second-order valence-electron chi connectivity index (χ2n) is 19.6. The van der Waals surface area contributed by atoms with Gasteiger partial charge in [0.25, 0.3) is 0 Å². The number of unbranched alkanes of at least 4 members (excludes halogenated alkanes) is 40. The lowest BCUT2D eigenvalue weighted by Gasteiger charge is -2.22. The zero-order chi connectivity index (χ0) is 45.8. The van der Waals surface area contributed by atoms with E-state index in [-0.39, 0.29) is 18.5 Å². The molecule has 0 aromatic heterocycles. The molecule has 374 valence electrons. The van der Waals surface area contributed by atoms with Crippen LogP contribution in [0, 0.1) is 0 Å². The highest BCUT2D eigenvalue weighted by Crippen LogP contribution is 2.17. The minimum atomic E-state index is -0.674. The van der Waals surface area contributed by atoms with Crippen LogP contribution in [0.2, 0.25) is 0 Å². The standard InChI is InChI=1S/C57H111NO5/c1-3-5-7-9-11-13-15-17-18-19-22-26-29-33-37-41-45-49-55(60)54(53-59)58-56(61)50-46-42-38-34-30-27-23-20-21-24-28-32-36-40-44-48-52-63-57(62)51-47-43-39-35-31-25-16-14-12-10-8-6-4-2/h20,23,54-55,59-60H,3-19,21-22,24-53H2,1-2H3,(H,58,61)/b23-20-. The number of esters is 1. The molecule has 0 bridgehead atoms. The van der Waals surface area contributed by atoms with Crippen molar-refractivity contribution in [3.63, 3.8) is 0 Å². The summed E-state index contributed by atoms with van der Waals surface area (Å²) in [5.41, 5.74) is 0. The van der Waals surface area contributed by atoms with Crippen molar-refractivity contribution in [2.45, 2.75) is 328 Å². The number of carbonyl (C=O) groups is 2. The number of aliphatic hydroxyl groups excluding tert-OH is 2. The van der Waals surface area contributed by atoms with E-state index in [2.05, 4.69) is 31.3 Å². The molecule has 0 spiro atoms. The van der Waals surface area contributed by atoms with Gasteiger partial charge in [-0.15, -0.1) is 0 Å². The Balaban J connectivity index is 3.46. The molecule has 2 atom stereocenters. The van der Waals surface area contributed by atoms with Crippen molar-refractivity contribution in [1.82, 2.24) is 5.32 Å². The summed E-state index contributed by atoms with van der Waals surface area (Å²) in [4.78, 5) is 24.5. The Labute approximate surface area is 393 Å². The van der Waals surface area contributed by atoms with Crippen molar-refractivity contribution in [3.05, 3.63) is 12.2 Å². The maximum atomic E-state index is 12.5. The Kier molecular flexibility index (Phi) is 52.0. The highest BCUT2D eigenvalue weighted by atomic mass is 16.5. The van der Waals surface area contributed by atoms with Crippen molar-refractivity contribution < 1.29 is 24.5 Å². The molecule has 1 amide bonds. The van der Waals surface area contributed by atoms with E-state index in [9.17, 15) is 19.8 Å². The number of amides is 1. The number of allylic oxidation sites excluding steroid dienone is 2. The predicted molar refractivity (Wildman–Crippen MR) is 273 cm³/mol. The van der Waals surface area contributed by atoms with Gasteiger partial charge in [-0.25, -0.2) is 0 Å². The van der Waals surface area contributed by atoms with Crippen molar-refractivity contribution in [2.75, 3.05) is 13.2 Å². The first-order valence-electron chi connectivity index (χ1n) is 28.4. The molecule has 6 heteroatoms. The maximum Gasteiger partial charge on any atom is 0.305 e. The summed E-state index contributed by atoms with van der Waals surface area (Å²) >= 11 is 0. The minimum Gasteiger partial charge on any atom is -0.466 e. The van der Waals surface area contributed by atoms with Crippen LogP contribution in [0.15, 0.2) is 12.2 Å². The Morgan fingerprint density at radius 2 is 0.746 bits per heavy atom. The number of hydrogen-bond donors (Lipinski definition) is 3. The summed E-state index contributed by atoms with van der Waals surface area (Å²) in [5, 5.41) is 23.3. The van der Waals surface area contributed by atoms with Gasteiger partial charge in [0, 0.05) is 12.8 Å². The van der Waals surface area contributed by atoms with Gasteiger partial charge in [-0.05, 0) is 51.4 Å². The van der Waals surface area contributed by atoms with Crippen LogP contribution in [-0.4, -0.2) is 47.4 Å². The smallest absolute Gasteiger partial charge is 0.305 e. The molecule has 0 aliphatic heterocycles. The first kappa shape index (κ1) is 61.6. The molecule has 3 N–H and O–H groups in total. The zero-order valence-corrected chi connectivity index (χ0v) is 42.6. The van der Waals surface area contributed by atoms with Crippen LogP contribution in [0.4, 0.5) is 0 Å². The zero-order valence-electron chi connectivity index (χ0n) is 42.6. The summed E-state index contributed by atoms with van der Waals surface area (Å²) in [5.74, 6) is -0.0503. The SMILES string of the molecule is CCCCCCCCCCCCCCCCCCCC(O)C(CO)NC(=O)CCCCCCC/C=C\CCCCCCCCCOC(=O)CCCCCCCCCCCCCCC. The van der Waals surface area contributed by atoms with E-state index in [0.29, 0.717) is 25.9 Å². The lowest BCUT2D eigenvalue weighted by molar-refractivity contribution is -0.143. The molecule has 63 heavy (non-hydrogen) atoms. The minimum absolute atomic E-state index is 0.000708. The van der Waals surface area contributed by atoms with Crippen LogP contribution in [0.25, 0.3) is 0 Å². The van der Waals surface area contributed by atoms with Crippen LogP contribution >= 0.6 is 0 Å². The van der Waals surface area contributed by atoms with Gasteiger partial charge < -0.3 is 20.3 Å². The van der Waals surface area contributed by atoms with Crippen LogP contribution in [0.1, 0.15) is 316 Å². The van der Waals surface area contributed by atoms with Gasteiger partial charge in [0.05, 0.1) is 25.4 Å². The Bertz CT molecular complexity index is 939. The van der Waals surface area contributed by atoms with E-state index >= 15 is 0 Å². The fraction of sp³-hybridized carbons (Fsp3) is 0.930. The van der Waals surface area contributed by atoms with Gasteiger partial charge in [0.2, 0.25) is 5.91 Å². The number of nitrogens with one attached hydrogen (secondary N) is 1. The van der Waals surface area contributed by atoms with Gasteiger partial charge in [-0.3, -0.25) is 9.59 Å².